The first kappa shape index (κ1) is 15.8. The Morgan fingerprint density at radius 3 is 2.68 bits per heavy atom. The van der Waals surface area contributed by atoms with Gasteiger partial charge >= 0.3 is 0 Å². The quantitative estimate of drug-likeness (QED) is 0.756. The first-order chi connectivity index (χ1) is 10.5. The first-order valence-electron chi connectivity index (χ1n) is 7.59. The van der Waals surface area contributed by atoms with Crippen molar-refractivity contribution < 1.29 is 8.42 Å². The lowest BCUT2D eigenvalue weighted by atomic mass is 9.93. The van der Waals surface area contributed by atoms with Crippen LogP contribution < -0.4 is 4.31 Å². The number of fused-ring (bicyclic) bond motifs is 2. The number of rotatable bonds is 3. The minimum Gasteiger partial charge on any atom is -0.270 e. The number of hydrogen-bond donors (Lipinski definition) is 0. The third kappa shape index (κ3) is 3.01. The lowest BCUT2D eigenvalue weighted by molar-refractivity contribution is 0.593. The summed E-state index contributed by atoms with van der Waals surface area (Å²) >= 11 is 3.54. The monoisotopic (exact) mass is 381 g/mol. The number of anilines is 1. The fourth-order valence-corrected chi connectivity index (χ4v) is 4.60. The van der Waals surface area contributed by atoms with E-state index in [4.69, 9.17) is 0 Å². The number of nitrogens with zero attached hydrogens (tertiary/aromatic N) is 1. The molecule has 3 bridgehead atoms. The van der Waals surface area contributed by atoms with Crippen LogP contribution in [0.25, 0.3) is 10.8 Å². The van der Waals surface area contributed by atoms with Gasteiger partial charge in [0, 0.05) is 11.9 Å². The largest absolute Gasteiger partial charge is 0.270 e. The molecule has 0 radical (unpaired) electrons. The van der Waals surface area contributed by atoms with Crippen LogP contribution in [0.3, 0.4) is 0 Å². The van der Waals surface area contributed by atoms with Crippen LogP contribution in [0.2, 0.25) is 0 Å². The molecule has 0 fully saturated rings. The SMILES string of the molecule is CS(=O)(=O)N1CCCCc2ccc3ccc1cc3c2CCBr. The highest BCUT2D eigenvalue weighted by atomic mass is 79.9. The molecular formula is C17H20BrNO2S. The maximum atomic E-state index is 12.1. The van der Waals surface area contributed by atoms with Gasteiger partial charge in [-0.15, -0.1) is 0 Å². The van der Waals surface area contributed by atoms with Gasteiger partial charge in [-0.25, -0.2) is 8.42 Å². The summed E-state index contributed by atoms with van der Waals surface area (Å²) in [5.41, 5.74) is 3.54. The van der Waals surface area contributed by atoms with Gasteiger partial charge in [-0.2, -0.15) is 0 Å². The first-order valence-corrected chi connectivity index (χ1v) is 10.6. The molecule has 2 aromatic carbocycles. The fourth-order valence-electron chi connectivity index (χ4n) is 3.25. The van der Waals surface area contributed by atoms with Crippen LogP contribution in [0.4, 0.5) is 5.69 Å². The topological polar surface area (TPSA) is 37.4 Å². The average Bonchev–Trinajstić information content (AvgIpc) is 2.46. The molecule has 3 rings (SSSR count). The van der Waals surface area contributed by atoms with Gasteiger partial charge < -0.3 is 0 Å². The maximum Gasteiger partial charge on any atom is 0.232 e. The van der Waals surface area contributed by atoms with Crippen molar-refractivity contribution in [2.75, 3.05) is 22.4 Å². The zero-order valence-electron chi connectivity index (χ0n) is 12.7. The smallest absolute Gasteiger partial charge is 0.232 e. The lowest BCUT2D eigenvalue weighted by Crippen LogP contribution is -2.31. The Labute approximate surface area is 140 Å². The Kier molecular flexibility index (Phi) is 4.46. The minimum absolute atomic E-state index is 0.558. The molecule has 0 N–H and O–H groups in total. The predicted molar refractivity (Wildman–Crippen MR) is 96.6 cm³/mol. The molecule has 1 aliphatic heterocycles. The van der Waals surface area contributed by atoms with E-state index in [9.17, 15) is 8.42 Å². The molecule has 0 amide bonds. The van der Waals surface area contributed by atoms with Gasteiger partial charge in [0.05, 0.1) is 11.9 Å². The molecule has 0 atom stereocenters. The number of alkyl halides is 1. The van der Waals surface area contributed by atoms with E-state index in [1.807, 2.05) is 18.2 Å². The summed E-state index contributed by atoms with van der Waals surface area (Å²) in [6.07, 6.45) is 5.16. The molecule has 1 aliphatic rings. The number of halogens is 1. The van der Waals surface area contributed by atoms with Gasteiger partial charge in [-0.05, 0) is 59.7 Å². The van der Waals surface area contributed by atoms with Crippen LogP contribution in [0.1, 0.15) is 24.0 Å². The molecule has 0 spiro atoms. The third-order valence-electron chi connectivity index (χ3n) is 4.30. The molecule has 22 heavy (non-hydrogen) atoms. The van der Waals surface area contributed by atoms with Gasteiger partial charge in [0.2, 0.25) is 10.0 Å². The zero-order chi connectivity index (χ0) is 15.7. The van der Waals surface area contributed by atoms with E-state index >= 15 is 0 Å². The van der Waals surface area contributed by atoms with Gasteiger partial charge in [-0.1, -0.05) is 34.1 Å². The van der Waals surface area contributed by atoms with E-state index in [0.717, 1.165) is 36.7 Å². The third-order valence-corrected chi connectivity index (χ3v) is 5.89. The van der Waals surface area contributed by atoms with Crippen molar-refractivity contribution in [1.29, 1.82) is 0 Å². The summed E-state index contributed by atoms with van der Waals surface area (Å²) < 4.78 is 25.8. The normalized spacial score (nSPS) is 15.6. The predicted octanol–water partition coefficient (Wildman–Crippen LogP) is 3.88. The van der Waals surface area contributed by atoms with Crippen molar-refractivity contribution in [1.82, 2.24) is 0 Å². The molecule has 0 unspecified atom stereocenters. The van der Waals surface area contributed by atoms with Crippen LogP contribution in [-0.2, 0) is 22.9 Å². The van der Waals surface area contributed by atoms with E-state index in [1.165, 1.54) is 28.2 Å². The standard InChI is InChI=1S/C17H20BrNO2S/c1-22(20,21)19-11-3-2-4-13-5-6-14-7-8-15(19)12-17(14)16(13)9-10-18/h5-8,12H,2-4,9-11H2,1H3. The number of benzene rings is 2. The van der Waals surface area contributed by atoms with Gasteiger partial charge in [0.25, 0.3) is 0 Å². The number of hydrogen-bond acceptors (Lipinski definition) is 2. The molecule has 5 heteroatoms. The van der Waals surface area contributed by atoms with Crippen LogP contribution in [0.5, 0.6) is 0 Å². The second-order valence-electron chi connectivity index (χ2n) is 5.84. The number of sulfonamides is 1. The van der Waals surface area contributed by atoms with Crippen LogP contribution in [0.15, 0.2) is 30.3 Å². The van der Waals surface area contributed by atoms with E-state index in [2.05, 4.69) is 28.1 Å². The Hall–Kier alpha value is -1.07. The van der Waals surface area contributed by atoms with Crippen molar-refractivity contribution in [2.45, 2.75) is 25.7 Å². The maximum absolute atomic E-state index is 12.1. The van der Waals surface area contributed by atoms with Crippen molar-refractivity contribution >= 4 is 42.4 Å². The molecule has 1 heterocycles. The fraction of sp³-hybridized carbons (Fsp3) is 0.412. The van der Waals surface area contributed by atoms with Gasteiger partial charge in [0.15, 0.2) is 0 Å². The number of aryl methyl sites for hydroxylation is 2. The van der Waals surface area contributed by atoms with Crippen LogP contribution >= 0.6 is 15.9 Å². The average molecular weight is 382 g/mol. The van der Waals surface area contributed by atoms with Crippen LogP contribution in [0, 0.1) is 0 Å². The Morgan fingerprint density at radius 1 is 1.18 bits per heavy atom. The second-order valence-corrected chi connectivity index (χ2v) is 8.54. The molecule has 0 saturated carbocycles. The summed E-state index contributed by atoms with van der Waals surface area (Å²) in [5.74, 6) is 0. The summed E-state index contributed by atoms with van der Waals surface area (Å²) in [4.78, 5) is 0. The van der Waals surface area contributed by atoms with Crippen LogP contribution in [-0.4, -0.2) is 26.5 Å². The van der Waals surface area contributed by atoms with E-state index < -0.39 is 10.0 Å². The Balaban J connectivity index is 2.27. The molecule has 3 nitrogen and oxygen atoms in total. The zero-order valence-corrected chi connectivity index (χ0v) is 15.1. The van der Waals surface area contributed by atoms with E-state index in [1.54, 1.807) is 4.31 Å². The highest BCUT2D eigenvalue weighted by Gasteiger charge is 2.19. The molecule has 0 aromatic heterocycles. The van der Waals surface area contributed by atoms with Crippen molar-refractivity contribution in [2.24, 2.45) is 0 Å². The second kappa shape index (κ2) is 6.20. The molecule has 0 aliphatic carbocycles. The Bertz CT molecular complexity index is 802. The highest BCUT2D eigenvalue weighted by Crippen LogP contribution is 2.31. The molecule has 2 aromatic rings. The summed E-state index contributed by atoms with van der Waals surface area (Å²) in [6.45, 7) is 0.558. The van der Waals surface area contributed by atoms with E-state index in [-0.39, 0.29) is 0 Å². The van der Waals surface area contributed by atoms with Crippen molar-refractivity contribution in [3.63, 3.8) is 0 Å². The highest BCUT2D eigenvalue weighted by molar-refractivity contribution is 9.09. The summed E-state index contributed by atoms with van der Waals surface area (Å²) in [7, 11) is -3.24. The Morgan fingerprint density at radius 2 is 1.95 bits per heavy atom. The molecule has 118 valence electrons. The minimum atomic E-state index is -3.24. The lowest BCUT2D eigenvalue weighted by Gasteiger charge is -2.25. The van der Waals surface area contributed by atoms with Crippen molar-refractivity contribution in [3.8, 4) is 0 Å². The van der Waals surface area contributed by atoms with Gasteiger partial charge in [-0.3, -0.25) is 4.31 Å². The summed E-state index contributed by atoms with van der Waals surface area (Å²) in [5, 5.41) is 3.28. The molecular weight excluding hydrogens is 362 g/mol. The summed E-state index contributed by atoms with van der Waals surface area (Å²) in [6, 6.07) is 10.4. The van der Waals surface area contributed by atoms with E-state index in [0.29, 0.717) is 6.54 Å². The molecule has 0 saturated heterocycles. The van der Waals surface area contributed by atoms with Gasteiger partial charge in [0.1, 0.15) is 0 Å². The van der Waals surface area contributed by atoms with Crippen molar-refractivity contribution in [3.05, 3.63) is 41.5 Å².